The zero-order valence-electron chi connectivity index (χ0n) is 3.71. The maximum absolute atomic E-state index is 8.63. The molecule has 0 aromatic carbocycles. The average molecular weight is 259 g/mol. The minimum absolute atomic E-state index is 3.94. The van der Waals surface area contributed by atoms with Gasteiger partial charge in [0.25, 0.3) is 0 Å². The van der Waals surface area contributed by atoms with Crippen molar-refractivity contribution < 1.29 is 57.8 Å². The van der Waals surface area contributed by atoms with Crippen LogP contribution in [0.25, 0.3) is 0 Å². The van der Waals surface area contributed by atoms with Crippen LogP contribution in [0.2, 0.25) is 0 Å². The molecule has 0 bridgehead atoms. The van der Waals surface area contributed by atoms with Crippen molar-refractivity contribution in [3.8, 4) is 0 Å². The Kier molecular flexibility index (Phi) is 6.92. The van der Waals surface area contributed by atoms with Crippen LogP contribution in [0.4, 0.5) is 0 Å². The zero-order valence-corrected chi connectivity index (χ0v) is 7.12. The van der Waals surface area contributed by atoms with Crippen molar-refractivity contribution in [1.82, 2.24) is 0 Å². The van der Waals surface area contributed by atoms with Crippen LogP contribution in [0.3, 0.4) is 0 Å². The van der Waals surface area contributed by atoms with Gasteiger partial charge in [0.05, 0.1) is 0 Å². The Hall–Kier alpha value is 0.353. The molecule has 0 aromatic rings. The van der Waals surface area contributed by atoms with E-state index in [1.807, 2.05) is 0 Å². The molecule has 0 aliphatic carbocycles. The standard InChI is InChI=1S/Mo.7O.V/q;;;;;3*-1;. The van der Waals surface area contributed by atoms with E-state index in [2.05, 4.69) is 0 Å². The third kappa shape index (κ3) is 2710. The Balaban J connectivity index is 0. The van der Waals surface area contributed by atoms with Crippen LogP contribution in [0.5, 0.6) is 0 Å². The third-order valence-electron chi connectivity index (χ3n) is 0. The first-order valence-electron chi connectivity index (χ1n) is 1.21. The molecule has 0 aliphatic rings. The first kappa shape index (κ1) is 12.1. The van der Waals surface area contributed by atoms with Crippen LogP contribution < -0.4 is 11.6 Å². The number of rotatable bonds is 0. The summed E-state index contributed by atoms with van der Waals surface area (Å²) in [5, 5.41) is 0. The zero-order chi connectivity index (χ0) is 8.08. The fourth-order valence-corrected chi connectivity index (χ4v) is 0. The van der Waals surface area contributed by atoms with Crippen LogP contribution in [0.15, 0.2) is 0 Å². The molecular weight excluding hydrogens is 259 g/mol. The van der Waals surface area contributed by atoms with Crippen molar-refractivity contribution in [2.24, 2.45) is 0 Å². The van der Waals surface area contributed by atoms with Gasteiger partial charge in [-0.15, -0.1) is 0 Å². The topological polar surface area (TPSA) is 137 Å². The predicted octanol–water partition coefficient (Wildman–Crippen LogP) is -4.05. The van der Waals surface area contributed by atoms with Gasteiger partial charge in [0, 0.05) is 0 Å². The Morgan fingerprint density at radius 2 is 1.11 bits per heavy atom. The third-order valence-corrected chi connectivity index (χ3v) is 0. The van der Waals surface area contributed by atoms with Crippen LogP contribution in [-0.4, -0.2) is 0 Å². The summed E-state index contributed by atoms with van der Waals surface area (Å²) in [6.45, 7) is 0. The van der Waals surface area contributed by atoms with E-state index < -0.39 is 32.1 Å². The monoisotopic (exact) mass is 261 g/mol. The molecule has 9 heteroatoms. The first-order valence-corrected chi connectivity index (χ1v) is 6.20. The maximum atomic E-state index is 8.63. The van der Waals surface area contributed by atoms with E-state index in [4.69, 9.17) is 25.7 Å². The first-order chi connectivity index (χ1) is 3.73. The molecule has 0 saturated heterocycles. The van der Waals surface area contributed by atoms with Crippen LogP contribution >= 0.6 is 0 Å². The predicted molar refractivity (Wildman–Crippen MR) is 2.75 cm³/mol. The average Bonchev–Trinajstić information content (AvgIpc) is 1.19. The van der Waals surface area contributed by atoms with E-state index in [9.17, 15) is 0 Å². The van der Waals surface area contributed by atoms with Gasteiger partial charge in [0.2, 0.25) is 0 Å². The second-order valence-electron chi connectivity index (χ2n) is 0.632. The van der Waals surface area contributed by atoms with Crippen molar-refractivity contribution in [2.45, 2.75) is 0 Å². The molecule has 7 nitrogen and oxygen atoms in total. The van der Waals surface area contributed by atoms with Gasteiger partial charge in [0.1, 0.15) is 0 Å². The normalized spacial score (nSPS) is 9.22. The van der Waals surface area contributed by atoms with Gasteiger partial charge in [-0.05, 0) is 0 Å². The van der Waals surface area contributed by atoms with Gasteiger partial charge in [-0.25, -0.2) is 0 Å². The Labute approximate surface area is 58.0 Å². The van der Waals surface area contributed by atoms with Crippen molar-refractivity contribution in [1.29, 1.82) is 0 Å². The fraction of sp³-hybridized carbons (Fsp3) is 0. The number of hydrogen-bond donors (Lipinski definition) is 0. The van der Waals surface area contributed by atoms with E-state index in [0.29, 0.717) is 0 Å². The van der Waals surface area contributed by atoms with Gasteiger partial charge < -0.3 is 0 Å². The van der Waals surface area contributed by atoms with Crippen molar-refractivity contribution in [3.63, 3.8) is 0 Å². The second kappa shape index (κ2) is 5.16. The molecule has 0 unspecified atom stereocenters. The molecule has 56 valence electrons. The van der Waals surface area contributed by atoms with Gasteiger partial charge >= 0.3 is 57.8 Å². The van der Waals surface area contributed by atoms with E-state index in [0.717, 1.165) is 0 Å². The molecular formula is MoO7V-3. The molecule has 0 atom stereocenters. The summed E-state index contributed by atoms with van der Waals surface area (Å²) in [6, 6.07) is 0. The van der Waals surface area contributed by atoms with E-state index in [-0.39, 0.29) is 0 Å². The fourth-order valence-electron chi connectivity index (χ4n) is 0. The van der Waals surface area contributed by atoms with Crippen LogP contribution in [-0.2, 0) is 46.3 Å². The van der Waals surface area contributed by atoms with E-state index >= 15 is 0 Å². The summed E-state index contributed by atoms with van der Waals surface area (Å²) in [4.78, 5) is 0. The Morgan fingerprint density at radius 1 is 1.11 bits per heavy atom. The quantitative estimate of drug-likeness (QED) is 0.403. The summed E-state index contributed by atoms with van der Waals surface area (Å²) in [7, 11) is 0. The summed E-state index contributed by atoms with van der Waals surface area (Å²) in [5.74, 6) is 0. The second-order valence-corrected chi connectivity index (χ2v) is 3.34. The molecule has 0 rings (SSSR count). The molecule has 0 heterocycles. The van der Waals surface area contributed by atoms with Gasteiger partial charge in [-0.2, -0.15) is 0 Å². The minimum atomic E-state index is -6.02. The van der Waals surface area contributed by atoms with E-state index in [1.165, 1.54) is 0 Å². The van der Waals surface area contributed by atoms with Crippen molar-refractivity contribution >= 4 is 0 Å². The molecule has 0 spiro atoms. The molecule has 9 heavy (non-hydrogen) atoms. The van der Waals surface area contributed by atoms with E-state index in [1.54, 1.807) is 0 Å². The molecule has 0 amide bonds. The summed E-state index contributed by atoms with van der Waals surface area (Å²) >= 11 is -9.96. The van der Waals surface area contributed by atoms with Gasteiger partial charge in [-0.3, -0.25) is 0 Å². The van der Waals surface area contributed by atoms with Gasteiger partial charge in [0.15, 0.2) is 0 Å². The summed E-state index contributed by atoms with van der Waals surface area (Å²) in [5.41, 5.74) is 0. The Bertz CT molecular complexity index is 189. The van der Waals surface area contributed by atoms with Crippen LogP contribution in [0.1, 0.15) is 0 Å². The molecule has 0 fully saturated rings. The summed E-state index contributed by atoms with van der Waals surface area (Å²) in [6.07, 6.45) is 0. The SMILES string of the molecule is [O]=[Mo](=[O])([O-])[O-].[O]=[V](=[O])[O-]. The molecule has 0 radical (unpaired) electrons. The molecule has 0 aromatic heterocycles. The van der Waals surface area contributed by atoms with Crippen molar-refractivity contribution in [2.75, 3.05) is 0 Å². The summed E-state index contributed by atoms with van der Waals surface area (Å²) < 4.78 is 60.2. The molecule has 0 N–H and O–H groups in total. The molecule has 0 aliphatic heterocycles. The Morgan fingerprint density at radius 3 is 1.11 bits per heavy atom. The van der Waals surface area contributed by atoms with Crippen molar-refractivity contribution in [3.05, 3.63) is 0 Å². The van der Waals surface area contributed by atoms with Crippen LogP contribution in [0, 0.1) is 0 Å². The van der Waals surface area contributed by atoms with Gasteiger partial charge in [-0.1, -0.05) is 0 Å². The molecule has 0 saturated carbocycles. The number of hydrogen-bond acceptors (Lipinski definition) is 7.